The number of benzene rings is 1. The standard InChI is InChI=1S/C10H10Cl2O/c1-7-2-4-8(5-3-7)6-9(11)10(12)13/h2-5,9H,6H2,1H3. The maximum absolute atomic E-state index is 10.6. The molecule has 0 aromatic heterocycles. The molecule has 70 valence electrons. The van der Waals surface area contributed by atoms with Crippen molar-refractivity contribution in [3.8, 4) is 0 Å². The molecule has 0 aliphatic rings. The maximum atomic E-state index is 10.6. The fraction of sp³-hybridized carbons (Fsp3) is 0.300. The molecular formula is C10H10Cl2O. The Kier molecular flexibility index (Phi) is 3.76. The Bertz CT molecular complexity index is 292. The van der Waals surface area contributed by atoms with Crippen LogP contribution >= 0.6 is 23.2 Å². The summed E-state index contributed by atoms with van der Waals surface area (Å²) in [6.45, 7) is 2.01. The van der Waals surface area contributed by atoms with Crippen LogP contribution in [0.2, 0.25) is 0 Å². The molecular weight excluding hydrogens is 207 g/mol. The highest BCUT2D eigenvalue weighted by Gasteiger charge is 2.12. The Morgan fingerprint density at radius 1 is 1.38 bits per heavy atom. The van der Waals surface area contributed by atoms with Gasteiger partial charge in [-0.1, -0.05) is 29.8 Å². The van der Waals surface area contributed by atoms with E-state index in [9.17, 15) is 4.79 Å². The molecule has 1 aromatic rings. The lowest BCUT2D eigenvalue weighted by atomic mass is 10.1. The zero-order valence-corrected chi connectivity index (χ0v) is 8.77. The molecule has 0 fully saturated rings. The third-order valence-corrected chi connectivity index (χ3v) is 2.51. The molecule has 1 atom stereocenters. The molecule has 0 spiro atoms. The zero-order chi connectivity index (χ0) is 9.84. The van der Waals surface area contributed by atoms with Crippen LogP contribution in [-0.4, -0.2) is 10.6 Å². The first-order valence-electron chi connectivity index (χ1n) is 3.98. The summed E-state index contributed by atoms with van der Waals surface area (Å²) < 4.78 is 0. The van der Waals surface area contributed by atoms with Gasteiger partial charge in [-0.2, -0.15) is 0 Å². The minimum Gasteiger partial charge on any atom is -0.280 e. The number of hydrogen-bond acceptors (Lipinski definition) is 1. The summed E-state index contributed by atoms with van der Waals surface area (Å²) in [6, 6.07) is 7.87. The maximum Gasteiger partial charge on any atom is 0.239 e. The molecule has 0 saturated heterocycles. The van der Waals surface area contributed by atoms with Gasteiger partial charge in [-0.25, -0.2) is 0 Å². The smallest absolute Gasteiger partial charge is 0.239 e. The van der Waals surface area contributed by atoms with E-state index in [1.807, 2.05) is 31.2 Å². The Hall–Kier alpha value is -0.530. The summed E-state index contributed by atoms with van der Waals surface area (Å²) in [5.74, 6) is 0. The van der Waals surface area contributed by atoms with Gasteiger partial charge in [-0.15, -0.1) is 11.6 Å². The van der Waals surface area contributed by atoms with Crippen LogP contribution in [0, 0.1) is 6.92 Å². The van der Waals surface area contributed by atoms with Crippen molar-refractivity contribution in [3.05, 3.63) is 35.4 Å². The Morgan fingerprint density at radius 2 is 1.92 bits per heavy atom. The van der Waals surface area contributed by atoms with Crippen molar-refractivity contribution in [2.75, 3.05) is 0 Å². The molecule has 1 rings (SSSR count). The van der Waals surface area contributed by atoms with Gasteiger partial charge in [0.2, 0.25) is 5.24 Å². The minimum absolute atomic E-state index is 0.490. The molecule has 1 unspecified atom stereocenters. The highest BCUT2D eigenvalue weighted by Crippen LogP contribution is 2.11. The van der Waals surface area contributed by atoms with Crippen LogP contribution in [-0.2, 0) is 11.2 Å². The molecule has 0 aliphatic heterocycles. The fourth-order valence-electron chi connectivity index (χ4n) is 1.01. The van der Waals surface area contributed by atoms with Crippen molar-refractivity contribution in [1.82, 2.24) is 0 Å². The summed E-state index contributed by atoms with van der Waals surface area (Å²) in [5, 5.41) is -1.12. The van der Waals surface area contributed by atoms with Crippen molar-refractivity contribution in [2.45, 2.75) is 18.7 Å². The van der Waals surface area contributed by atoms with E-state index >= 15 is 0 Å². The summed E-state index contributed by atoms with van der Waals surface area (Å²) in [7, 11) is 0. The van der Waals surface area contributed by atoms with Crippen LogP contribution in [0.5, 0.6) is 0 Å². The monoisotopic (exact) mass is 216 g/mol. The topological polar surface area (TPSA) is 17.1 Å². The van der Waals surface area contributed by atoms with Crippen molar-refractivity contribution in [2.24, 2.45) is 0 Å². The highest BCUT2D eigenvalue weighted by molar-refractivity contribution is 6.69. The number of aryl methyl sites for hydroxylation is 1. The Labute approximate surface area is 87.7 Å². The third kappa shape index (κ3) is 3.37. The summed E-state index contributed by atoms with van der Waals surface area (Å²) in [6.07, 6.45) is 0.490. The van der Waals surface area contributed by atoms with Crippen LogP contribution in [0.3, 0.4) is 0 Å². The van der Waals surface area contributed by atoms with Gasteiger partial charge in [0.15, 0.2) is 0 Å². The van der Waals surface area contributed by atoms with E-state index in [1.54, 1.807) is 0 Å². The van der Waals surface area contributed by atoms with Gasteiger partial charge in [0, 0.05) is 0 Å². The first-order chi connectivity index (χ1) is 6.09. The Balaban J connectivity index is 2.64. The second kappa shape index (κ2) is 4.64. The van der Waals surface area contributed by atoms with Crippen LogP contribution < -0.4 is 0 Å². The van der Waals surface area contributed by atoms with E-state index in [1.165, 1.54) is 5.56 Å². The molecule has 1 nitrogen and oxygen atoms in total. The first-order valence-corrected chi connectivity index (χ1v) is 4.80. The van der Waals surface area contributed by atoms with Gasteiger partial charge in [0.25, 0.3) is 0 Å². The predicted molar refractivity (Wildman–Crippen MR) is 55.4 cm³/mol. The van der Waals surface area contributed by atoms with E-state index in [0.29, 0.717) is 6.42 Å². The van der Waals surface area contributed by atoms with E-state index < -0.39 is 10.6 Å². The second-order valence-electron chi connectivity index (χ2n) is 2.96. The van der Waals surface area contributed by atoms with Crippen molar-refractivity contribution in [1.29, 1.82) is 0 Å². The van der Waals surface area contributed by atoms with E-state index in [0.717, 1.165) is 5.56 Å². The van der Waals surface area contributed by atoms with Crippen molar-refractivity contribution < 1.29 is 4.79 Å². The minimum atomic E-state index is -0.621. The average Bonchev–Trinajstić information content (AvgIpc) is 2.08. The van der Waals surface area contributed by atoms with E-state index in [2.05, 4.69) is 0 Å². The number of halogens is 2. The fourth-order valence-corrected chi connectivity index (χ4v) is 1.27. The van der Waals surface area contributed by atoms with Gasteiger partial charge in [-0.3, -0.25) is 4.79 Å². The largest absolute Gasteiger partial charge is 0.280 e. The number of alkyl halides is 1. The van der Waals surface area contributed by atoms with Crippen LogP contribution in [0.1, 0.15) is 11.1 Å². The summed E-state index contributed by atoms with van der Waals surface area (Å²) >= 11 is 10.9. The highest BCUT2D eigenvalue weighted by atomic mass is 35.5. The predicted octanol–water partition coefficient (Wildman–Crippen LogP) is 2.91. The molecule has 13 heavy (non-hydrogen) atoms. The summed E-state index contributed by atoms with van der Waals surface area (Å²) in [5.41, 5.74) is 2.21. The van der Waals surface area contributed by atoms with Gasteiger partial charge < -0.3 is 0 Å². The van der Waals surface area contributed by atoms with Gasteiger partial charge in [0.1, 0.15) is 5.38 Å². The van der Waals surface area contributed by atoms with Gasteiger partial charge in [0.05, 0.1) is 0 Å². The third-order valence-electron chi connectivity index (χ3n) is 1.78. The lowest BCUT2D eigenvalue weighted by molar-refractivity contribution is -0.111. The molecule has 0 heterocycles. The van der Waals surface area contributed by atoms with Gasteiger partial charge in [-0.05, 0) is 30.5 Å². The molecule has 3 heteroatoms. The molecule has 0 bridgehead atoms. The second-order valence-corrected chi connectivity index (χ2v) is 3.86. The SMILES string of the molecule is Cc1ccc(CC(Cl)C(=O)Cl)cc1. The Morgan fingerprint density at radius 3 is 2.38 bits per heavy atom. The van der Waals surface area contributed by atoms with Crippen LogP contribution in [0.15, 0.2) is 24.3 Å². The number of hydrogen-bond donors (Lipinski definition) is 0. The van der Waals surface area contributed by atoms with Gasteiger partial charge >= 0.3 is 0 Å². The van der Waals surface area contributed by atoms with Crippen molar-refractivity contribution >= 4 is 28.4 Å². The molecule has 0 amide bonds. The van der Waals surface area contributed by atoms with Crippen LogP contribution in [0.25, 0.3) is 0 Å². The molecule has 0 saturated carbocycles. The average molecular weight is 217 g/mol. The molecule has 0 aliphatic carbocycles. The summed E-state index contributed by atoms with van der Waals surface area (Å²) in [4.78, 5) is 10.6. The lowest BCUT2D eigenvalue weighted by Gasteiger charge is -2.04. The number of rotatable bonds is 3. The number of carbonyl (C=O) groups is 1. The molecule has 1 aromatic carbocycles. The number of carbonyl (C=O) groups excluding carboxylic acids is 1. The van der Waals surface area contributed by atoms with Crippen LogP contribution in [0.4, 0.5) is 0 Å². The molecule has 0 N–H and O–H groups in total. The normalized spacial score (nSPS) is 12.5. The first kappa shape index (κ1) is 10.6. The molecule has 0 radical (unpaired) electrons. The van der Waals surface area contributed by atoms with Crippen molar-refractivity contribution in [3.63, 3.8) is 0 Å². The lowest BCUT2D eigenvalue weighted by Crippen LogP contribution is -2.10. The zero-order valence-electron chi connectivity index (χ0n) is 7.26. The van der Waals surface area contributed by atoms with E-state index in [4.69, 9.17) is 23.2 Å². The van der Waals surface area contributed by atoms with E-state index in [-0.39, 0.29) is 0 Å². The quantitative estimate of drug-likeness (QED) is 0.562.